The number of likely N-dealkylation sites (N-methyl/N-ethyl adjacent to an activating group) is 1. The molecule has 1 N–H and O–H groups in total. The lowest BCUT2D eigenvalue weighted by atomic mass is 10.1. The van der Waals surface area contributed by atoms with Gasteiger partial charge in [-0.25, -0.2) is 0 Å². The van der Waals surface area contributed by atoms with E-state index in [1.54, 1.807) is 0 Å². The highest BCUT2D eigenvalue weighted by atomic mass is 16.2. The molecule has 0 aromatic heterocycles. The minimum absolute atomic E-state index is 0.0903. The SMILES string of the molecule is Cc1cccc(CN(CCN(C)C)C(=O)CCNC(=O)[C@@H]2C[C@H]2C)c1. The summed E-state index contributed by atoms with van der Waals surface area (Å²) in [6, 6.07) is 8.26. The smallest absolute Gasteiger partial charge is 0.224 e. The molecule has 1 fully saturated rings. The molecule has 2 amide bonds. The van der Waals surface area contributed by atoms with Gasteiger partial charge in [0.05, 0.1) is 0 Å². The summed E-state index contributed by atoms with van der Waals surface area (Å²) < 4.78 is 0. The van der Waals surface area contributed by atoms with Gasteiger partial charge in [0.2, 0.25) is 11.8 Å². The zero-order chi connectivity index (χ0) is 18.4. The van der Waals surface area contributed by atoms with E-state index < -0.39 is 0 Å². The third-order valence-electron chi connectivity index (χ3n) is 4.71. The highest BCUT2D eigenvalue weighted by Gasteiger charge is 2.38. The standard InChI is InChI=1S/C20H31N3O2/c1-15-6-5-7-17(12-15)14-23(11-10-22(3)4)19(24)8-9-21-20(25)18-13-16(18)2/h5-7,12,16,18H,8-11,13-14H2,1-4H3,(H,21,25)/t16-,18-/m1/s1. The average Bonchev–Trinajstić information content (AvgIpc) is 3.28. The molecule has 25 heavy (non-hydrogen) atoms. The van der Waals surface area contributed by atoms with Gasteiger partial charge in [-0.2, -0.15) is 0 Å². The first-order valence-electron chi connectivity index (χ1n) is 9.12. The molecule has 1 saturated carbocycles. The first-order chi connectivity index (χ1) is 11.9. The van der Waals surface area contributed by atoms with Crippen LogP contribution in [0.2, 0.25) is 0 Å². The average molecular weight is 345 g/mol. The molecule has 0 radical (unpaired) electrons. The zero-order valence-corrected chi connectivity index (χ0v) is 15.9. The van der Waals surface area contributed by atoms with E-state index in [2.05, 4.69) is 42.3 Å². The van der Waals surface area contributed by atoms with E-state index >= 15 is 0 Å². The van der Waals surface area contributed by atoms with Crippen LogP contribution in [0.15, 0.2) is 24.3 Å². The van der Waals surface area contributed by atoms with Crippen molar-refractivity contribution in [2.24, 2.45) is 11.8 Å². The van der Waals surface area contributed by atoms with Crippen LogP contribution >= 0.6 is 0 Å². The lowest BCUT2D eigenvalue weighted by molar-refractivity contribution is -0.132. The number of rotatable bonds is 9. The normalized spacial score (nSPS) is 18.9. The van der Waals surface area contributed by atoms with Crippen LogP contribution < -0.4 is 5.32 Å². The number of amides is 2. The van der Waals surface area contributed by atoms with Crippen LogP contribution in [0.3, 0.4) is 0 Å². The van der Waals surface area contributed by atoms with Gasteiger partial charge in [0.25, 0.3) is 0 Å². The molecule has 1 aromatic rings. The maximum atomic E-state index is 12.6. The van der Waals surface area contributed by atoms with Gasteiger partial charge in [-0.15, -0.1) is 0 Å². The van der Waals surface area contributed by atoms with Crippen molar-refractivity contribution in [3.8, 4) is 0 Å². The summed E-state index contributed by atoms with van der Waals surface area (Å²) >= 11 is 0. The maximum absolute atomic E-state index is 12.6. The molecule has 0 unspecified atom stereocenters. The number of hydrogen-bond acceptors (Lipinski definition) is 3. The quantitative estimate of drug-likeness (QED) is 0.745. The van der Waals surface area contributed by atoms with Crippen molar-refractivity contribution in [2.75, 3.05) is 33.7 Å². The van der Waals surface area contributed by atoms with Gasteiger partial charge in [0.1, 0.15) is 0 Å². The Hall–Kier alpha value is -1.88. The Bertz CT molecular complexity index is 600. The van der Waals surface area contributed by atoms with Crippen LogP contribution in [0.1, 0.15) is 30.9 Å². The van der Waals surface area contributed by atoms with Crippen molar-refractivity contribution < 1.29 is 9.59 Å². The number of nitrogens with zero attached hydrogens (tertiary/aromatic N) is 2. The first-order valence-corrected chi connectivity index (χ1v) is 9.12. The third kappa shape index (κ3) is 6.50. The molecule has 5 nitrogen and oxygen atoms in total. The molecular weight excluding hydrogens is 314 g/mol. The highest BCUT2D eigenvalue weighted by Crippen LogP contribution is 2.37. The summed E-state index contributed by atoms with van der Waals surface area (Å²) in [5, 5.41) is 2.90. The van der Waals surface area contributed by atoms with Crippen LogP contribution in [0.25, 0.3) is 0 Å². The summed E-state index contributed by atoms with van der Waals surface area (Å²) in [7, 11) is 4.01. The molecule has 1 aliphatic carbocycles. The lowest BCUT2D eigenvalue weighted by Crippen LogP contribution is -2.38. The van der Waals surface area contributed by atoms with Crippen molar-refractivity contribution in [2.45, 2.75) is 33.2 Å². The van der Waals surface area contributed by atoms with Crippen molar-refractivity contribution >= 4 is 11.8 Å². The summed E-state index contributed by atoms with van der Waals surface area (Å²) in [5.41, 5.74) is 2.34. The van der Waals surface area contributed by atoms with Crippen LogP contribution in [0.5, 0.6) is 0 Å². The molecule has 0 bridgehead atoms. The van der Waals surface area contributed by atoms with E-state index in [4.69, 9.17) is 0 Å². The van der Waals surface area contributed by atoms with Gasteiger partial charge >= 0.3 is 0 Å². The second-order valence-corrected chi connectivity index (χ2v) is 7.47. The Labute approximate surface area is 151 Å². The van der Waals surface area contributed by atoms with E-state index in [1.165, 1.54) is 5.56 Å². The second kappa shape index (κ2) is 8.99. The van der Waals surface area contributed by atoms with Crippen molar-refractivity contribution in [3.05, 3.63) is 35.4 Å². The van der Waals surface area contributed by atoms with E-state index in [9.17, 15) is 9.59 Å². The number of carbonyl (C=O) groups is 2. The summed E-state index contributed by atoms with van der Waals surface area (Å²) in [6.45, 7) is 6.69. The fraction of sp³-hybridized carbons (Fsp3) is 0.600. The molecular formula is C20H31N3O2. The van der Waals surface area contributed by atoms with Crippen LogP contribution in [-0.2, 0) is 16.1 Å². The molecule has 1 aliphatic rings. The monoisotopic (exact) mass is 345 g/mol. The van der Waals surface area contributed by atoms with E-state index in [-0.39, 0.29) is 17.7 Å². The zero-order valence-electron chi connectivity index (χ0n) is 15.9. The first kappa shape index (κ1) is 19.4. The van der Waals surface area contributed by atoms with Gasteiger partial charge in [-0.1, -0.05) is 36.8 Å². The van der Waals surface area contributed by atoms with Gasteiger partial charge in [-0.05, 0) is 38.9 Å². The second-order valence-electron chi connectivity index (χ2n) is 7.47. The number of hydrogen-bond donors (Lipinski definition) is 1. The predicted molar refractivity (Wildman–Crippen MR) is 100 cm³/mol. The van der Waals surface area contributed by atoms with Crippen molar-refractivity contribution in [1.82, 2.24) is 15.1 Å². The number of aryl methyl sites for hydroxylation is 1. The van der Waals surface area contributed by atoms with Gasteiger partial charge < -0.3 is 15.1 Å². The fourth-order valence-electron chi connectivity index (χ4n) is 2.91. The summed E-state index contributed by atoms with van der Waals surface area (Å²) in [6.07, 6.45) is 1.33. The fourth-order valence-corrected chi connectivity index (χ4v) is 2.91. The Morgan fingerprint density at radius 1 is 1.24 bits per heavy atom. The highest BCUT2D eigenvalue weighted by molar-refractivity contribution is 5.82. The Kier molecular flexibility index (Phi) is 7.00. The largest absolute Gasteiger partial charge is 0.355 e. The Morgan fingerprint density at radius 2 is 1.96 bits per heavy atom. The topological polar surface area (TPSA) is 52.6 Å². The van der Waals surface area contributed by atoms with Gasteiger partial charge in [-0.3, -0.25) is 9.59 Å². The molecule has 0 saturated heterocycles. The van der Waals surface area contributed by atoms with E-state index in [0.29, 0.717) is 32.0 Å². The van der Waals surface area contributed by atoms with Gasteiger partial charge in [0.15, 0.2) is 0 Å². The van der Waals surface area contributed by atoms with E-state index in [0.717, 1.165) is 18.5 Å². The molecule has 0 spiro atoms. The molecule has 2 atom stereocenters. The van der Waals surface area contributed by atoms with Crippen LogP contribution in [0, 0.1) is 18.8 Å². The Morgan fingerprint density at radius 3 is 2.56 bits per heavy atom. The number of benzene rings is 1. The molecule has 1 aromatic carbocycles. The molecule has 0 heterocycles. The molecule has 0 aliphatic heterocycles. The van der Waals surface area contributed by atoms with Gasteiger partial charge in [0, 0.05) is 38.5 Å². The predicted octanol–water partition coefficient (Wildman–Crippen LogP) is 2.05. The van der Waals surface area contributed by atoms with Crippen molar-refractivity contribution in [1.29, 1.82) is 0 Å². The summed E-state index contributed by atoms with van der Waals surface area (Å²) in [5.74, 6) is 0.840. The van der Waals surface area contributed by atoms with Crippen molar-refractivity contribution in [3.63, 3.8) is 0 Å². The number of carbonyl (C=O) groups excluding carboxylic acids is 2. The molecule has 5 heteroatoms. The minimum atomic E-state index is 0.0903. The van der Waals surface area contributed by atoms with Crippen LogP contribution in [-0.4, -0.2) is 55.3 Å². The minimum Gasteiger partial charge on any atom is -0.355 e. The Balaban J connectivity index is 1.86. The summed E-state index contributed by atoms with van der Waals surface area (Å²) in [4.78, 5) is 28.5. The molecule has 2 rings (SSSR count). The number of nitrogens with one attached hydrogen (secondary N) is 1. The molecule has 138 valence electrons. The van der Waals surface area contributed by atoms with Crippen LogP contribution in [0.4, 0.5) is 0 Å². The third-order valence-corrected chi connectivity index (χ3v) is 4.71. The maximum Gasteiger partial charge on any atom is 0.224 e. The lowest BCUT2D eigenvalue weighted by Gasteiger charge is -2.25. The van der Waals surface area contributed by atoms with E-state index in [1.807, 2.05) is 25.1 Å².